The SMILES string of the molecule is CC(C)N1CCC(NC(=O)c2cc3ccccc3n2-c2cc(-c3ccc(Cl)s3)on2)CC1. The second kappa shape index (κ2) is 8.73. The lowest BCUT2D eigenvalue weighted by molar-refractivity contribution is 0.0894. The van der Waals surface area contributed by atoms with Crippen molar-refractivity contribution in [1.29, 1.82) is 0 Å². The van der Waals surface area contributed by atoms with E-state index in [1.807, 2.05) is 53.1 Å². The highest BCUT2D eigenvalue weighted by Gasteiger charge is 2.25. The van der Waals surface area contributed by atoms with Gasteiger partial charge in [0.15, 0.2) is 11.6 Å². The van der Waals surface area contributed by atoms with Crippen molar-refractivity contribution >= 4 is 39.7 Å². The van der Waals surface area contributed by atoms with E-state index < -0.39 is 0 Å². The van der Waals surface area contributed by atoms with E-state index in [-0.39, 0.29) is 11.9 Å². The average Bonchev–Trinajstić information content (AvgIpc) is 3.51. The van der Waals surface area contributed by atoms with Crippen molar-refractivity contribution in [3.05, 3.63) is 58.6 Å². The van der Waals surface area contributed by atoms with Crippen LogP contribution in [-0.4, -0.2) is 45.7 Å². The maximum absolute atomic E-state index is 13.4. The molecule has 5 rings (SSSR count). The van der Waals surface area contributed by atoms with Gasteiger partial charge < -0.3 is 14.7 Å². The molecule has 4 aromatic rings. The maximum atomic E-state index is 13.4. The predicted molar refractivity (Wildman–Crippen MR) is 129 cm³/mol. The molecule has 1 aliphatic rings. The van der Waals surface area contributed by atoms with Gasteiger partial charge in [-0.05, 0) is 51.0 Å². The number of benzene rings is 1. The van der Waals surface area contributed by atoms with Gasteiger partial charge in [0.1, 0.15) is 5.69 Å². The minimum absolute atomic E-state index is 0.0899. The number of hydrogen-bond donors (Lipinski definition) is 1. The average molecular weight is 469 g/mol. The van der Waals surface area contributed by atoms with Crippen LogP contribution in [0.1, 0.15) is 37.2 Å². The monoisotopic (exact) mass is 468 g/mol. The van der Waals surface area contributed by atoms with E-state index in [0.29, 0.717) is 27.7 Å². The lowest BCUT2D eigenvalue weighted by Gasteiger charge is -2.34. The summed E-state index contributed by atoms with van der Waals surface area (Å²) in [7, 11) is 0. The molecule has 3 aromatic heterocycles. The second-order valence-electron chi connectivity index (χ2n) is 8.45. The molecule has 0 spiro atoms. The standard InChI is InChI=1S/C24H25ClN4O2S/c1-15(2)28-11-9-17(10-12-28)26-24(30)19-13-16-5-3-4-6-18(16)29(19)23-14-20(31-27-23)21-7-8-22(25)32-21/h3-8,13-15,17H,9-12H2,1-2H3,(H,26,30). The van der Waals surface area contributed by atoms with Gasteiger partial charge in [-0.1, -0.05) is 35.0 Å². The molecule has 32 heavy (non-hydrogen) atoms. The van der Waals surface area contributed by atoms with E-state index in [1.165, 1.54) is 11.3 Å². The number of hydrogen-bond acceptors (Lipinski definition) is 5. The number of rotatable bonds is 5. The summed E-state index contributed by atoms with van der Waals surface area (Å²) in [4.78, 5) is 16.7. The van der Waals surface area contributed by atoms with E-state index >= 15 is 0 Å². The Labute approximate surface area is 195 Å². The summed E-state index contributed by atoms with van der Waals surface area (Å²) in [5.74, 6) is 1.11. The molecule has 1 aliphatic heterocycles. The van der Waals surface area contributed by atoms with Gasteiger partial charge in [0.2, 0.25) is 0 Å². The van der Waals surface area contributed by atoms with Gasteiger partial charge in [-0.25, -0.2) is 0 Å². The normalized spacial score (nSPS) is 15.6. The number of para-hydroxylation sites is 1. The molecule has 6 nitrogen and oxygen atoms in total. The van der Waals surface area contributed by atoms with Crippen molar-refractivity contribution in [2.75, 3.05) is 13.1 Å². The number of halogens is 1. The predicted octanol–water partition coefficient (Wildman–Crippen LogP) is 5.60. The lowest BCUT2D eigenvalue weighted by atomic mass is 10.0. The first-order valence-electron chi connectivity index (χ1n) is 10.9. The smallest absolute Gasteiger partial charge is 0.268 e. The quantitative estimate of drug-likeness (QED) is 0.414. The van der Waals surface area contributed by atoms with Crippen LogP contribution in [0, 0.1) is 0 Å². The van der Waals surface area contributed by atoms with E-state index in [0.717, 1.165) is 41.7 Å². The minimum atomic E-state index is -0.0899. The van der Waals surface area contributed by atoms with Crippen LogP contribution < -0.4 is 5.32 Å². The Bertz CT molecular complexity index is 1250. The summed E-state index contributed by atoms with van der Waals surface area (Å²) >= 11 is 7.51. The molecule has 4 heterocycles. The third-order valence-electron chi connectivity index (χ3n) is 6.08. The molecule has 8 heteroatoms. The topological polar surface area (TPSA) is 63.3 Å². The van der Waals surface area contributed by atoms with Crippen LogP contribution in [0.15, 0.2) is 53.1 Å². The number of fused-ring (bicyclic) bond motifs is 1. The summed E-state index contributed by atoms with van der Waals surface area (Å²) in [6.07, 6.45) is 1.91. The van der Waals surface area contributed by atoms with Crippen molar-refractivity contribution in [3.63, 3.8) is 0 Å². The van der Waals surface area contributed by atoms with Crippen molar-refractivity contribution in [2.45, 2.75) is 38.8 Å². The Morgan fingerprint density at radius 3 is 2.69 bits per heavy atom. The number of carbonyl (C=O) groups is 1. The first-order chi connectivity index (χ1) is 15.5. The zero-order valence-corrected chi connectivity index (χ0v) is 19.6. The Balaban J connectivity index is 1.45. The molecule has 1 N–H and O–H groups in total. The third kappa shape index (κ3) is 4.08. The third-order valence-corrected chi connectivity index (χ3v) is 7.33. The molecule has 0 aliphatic carbocycles. The molecule has 0 unspecified atom stereocenters. The zero-order chi connectivity index (χ0) is 22.2. The van der Waals surface area contributed by atoms with E-state index in [9.17, 15) is 4.79 Å². The fourth-order valence-electron chi connectivity index (χ4n) is 4.32. The molecule has 166 valence electrons. The molecule has 0 bridgehead atoms. The molecule has 1 fully saturated rings. The maximum Gasteiger partial charge on any atom is 0.268 e. The summed E-state index contributed by atoms with van der Waals surface area (Å²) in [5.41, 5.74) is 1.47. The van der Waals surface area contributed by atoms with Gasteiger partial charge in [-0.2, -0.15) is 0 Å². The fraction of sp³-hybridized carbons (Fsp3) is 0.333. The Kier molecular flexibility index (Phi) is 5.80. The number of aromatic nitrogens is 2. The van der Waals surface area contributed by atoms with Gasteiger partial charge in [0.05, 0.1) is 14.7 Å². The first kappa shape index (κ1) is 21.2. The highest BCUT2D eigenvalue weighted by molar-refractivity contribution is 7.19. The molecule has 1 saturated heterocycles. The summed E-state index contributed by atoms with van der Waals surface area (Å²) in [6, 6.07) is 16.1. The van der Waals surface area contributed by atoms with E-state index in [1.54, 1.807) is 0 Å². The largest absolute Gasteiger partial charge is 0.353 e. The number of carbonyl (C=O) groups excluding carboxylic acids is 1. The van der Waals surface area contributed by atoms with Crippen molar-refractivity contribution in [2.24, 2.45) is 0 Å². The van der Waals surface area contributed by atoms with Crippen LogP contribution >= 0.6 is 22.9 Å². The lowest BCUT2D eigenvalue weighted by Crippen LogP contribution is -2.46. The van der Waals surface area contributed by atoms with Gasteiger partial charge >= 0.3 is 0 Å². The van der Waals surface area contributed by atoms with Gasteiger partial charge in [-0.3, -0.25) is 9.36 Å². The Morgan fingerprint density at radius 2 is 1.97 bits per heavy atom. The molecule has 1 amide bonds. The number of likely N-dealkylation sites (tertiary alicyclic amines) is 1. The van der Waals surface area contributed by atoms with Crippen molar-refractivity contribution in [1.82, 2.24) is 19.9 Å². The molecule has 0 saturated carbocycles. The van der Waals surface area contributed by atoms with Crippen LogP contribution in [0.4, 0.5) is 0 Å². The van der Waals surface area contributed by atoms with Crippen molar-refractivity contribution in [3.8, 4) is 16.5 Å². The highest BCUT2D eigenvalue weighted by atomic mass is 35.5. The molecule has 0 radical (unpaired) electrons. The van der Waals surface area contributed by atoms with Crippen molar-refractivity contribution < 1.29 is 9.32 Å². The molecular formula is C24H25ClN4O2S. The minimum Gasteiger partial charge on any atom is -0.353 e. The number of nitrogens with zero attached hydrogens (tertiary/aromatic N) is 3. The van der Waals surface area contributed by atoms with Crippen LogP contribution in [0.25, 0.3) is 27.4 Å². The number of piperidine rings is 1. The van der Waals surface area contributed by atoms with E-state index in [2.05, 4.69) is 29.2 Å². The van der Waals surface area contributed by atoms with Crippen LogP contribution in [0.2, 0.25) is 4.34 Å². The number of amides is 1. The van der Waals surface area contributed by atoms with Gasteiger partial charge in [0.25, 0.3) is 5.91 Å². The summed E-state index contributed by atoms with van der Waals surface area (Å²) in [5, 5.41) is 8.51. The summed E-state index contributed by atoms with van der Waals surface area (Å²) < 4.78 is 8.16. The molecule has 1 aromatic carbocycles. The molecular weight excluding hydrogens is 444 g/mol. The van der Waals surface area contributed by atoms with Crippen LogP contribution in [0.3, 0.4) is 0 Å². The zero-order valence-electron chi connectivity index (χ0n) is 18.0. The Morgan fingerprint density at radius 1 is 1.19 bits per heavy atom. The van der Waals surface area contributed by atoms with E-state index in [4.69, 9.17) is 16.1 Å². The Hall–Kier alpha value is -2.61. The number of nitrogens with one attached hydrogen (secondary N) is 1. The molecule has 0 atom stereocenters. The van der Waals surface area contributed by atoms with Gasteiger partial charge in [-0.15, -0.1) is 11.3 Å². The number of thiophene rings is 1. The van der Waals surface area contributed by atoms with Gasteiger partial charge in [0, 0.05) is 36.6 Å². The summed E-state index contributed by atoms with van der Waals surface area (Å²) in [6.45, 7) is 6.44. The first-order valence-corrected chi connectivity index (χ1v) is 12.1. The fourth-order valence-corrected chi connectivity index (χ4v) is 5.31. The van der Waals surface area contributed by atoms with Crippen LogP contribution in [-0.2, 0) is 0 Å². The van der Waals surface area contributed by atoms with Crippen LogP contribution in [0.5, 0.6) is 0 Å². The second-order valence-corrected chi connectivity index (χ2v) is 10.2. The highest BCUT2D eigenvalue weighted by Crippen LogP contribution is 2.33.